The van der Waals surface area contributed by atoms with E-state index >= 15 is 0 Å². The third-order valence-corrected chi connectivity index (χ3v) is 3.92. The summed E-state index contributed by atoms with van der Waals surface area (Å²) in [4.78, 5) is 4.82. The van der Waals surface area contributed by atoms with Crippen molar-refractivity contribution in [3.63, 3.8) is 0 Å². The molecule has 1 aliphatic heterocycles. The molecule has 0 aliphatic carbocycles. The number of rotatable bonds is 4. The molecule has 0 amide bonds. The van der Waals surface area contributed by atoms with Gasteiger partial charge in [-0.15, -0.1) is 0 Å². The number of nitrogens with one attached hydrogen (secondary N) is 1. The molecular formula is C15H25N3. The van der Waals surface area contributed by atoms with Crippen molar-refractivity contribution in [2.24, 2.45) is 0 Å². The maximum atomic E-state index is 3.48. The van der Waals surface area contributed by atoms with Gasteiger partial charge in [-0.25, -0.2) is 0 Å². The van der Waals surface area contributed by atoms with Gasteiger partial charge in [0.1, 0.15) is 0 Å². The topological polar surface area (TPSA) is 18.5 Å². The molecule has 0 spiro atoms. The highest BCUT2D eigenvalue weighted by molar-refractivity contribution is 5.46. The third-order valence-electron chi connectivity index (χ3n) is 3.92. The average molecular weight is 247 g/mol. The minimum atomic E-state index is 0.673. The highest BCUT2D eigenvalue weighted by Crippen LogP contribution is 2.15. The molecule has 1 aromatic carbocycles. The number of anilines is 1. The smallest absolute Gasteiger partial charge is 0.0363 e. The first kappa shape index (κ1) is 13.4. The van der Waals surface area contributed by atoms with Crippen molar-refractivity contribution in [3.05, 3.63) is 29.8 Å². The molecule has 1 N–H and O–H groups in total. The van der Waals surface area contributed by atoms with Crippen LogP contribution in [0.1, 0.15) is 12.0 Å². The predicted octanol–water partition coefficient (Wildman–Crippen LogP) is 1.72. The zero-order chi connectivity index (χ0) is 13.0. The van der Waals surface area contributed by atoms with Gasteiger partial charge in [-0.3, -0.25) is 0 Å². The highest BCUT2D eigenvalue weighted by atomic mass is 15.2. The molecule has 1 atom stereocenters. The minimum absolute atomic E-state index is 0.673. The Labute approximate surface area is 111 Å². The minimum Gasteiger partial charge on any atom is -0.375 e. The van der Waals surface area contributed by atoms with E-state index in [1.807, 2.05) is 0 Å². The fourth-order valence-corrected chi connectivity index (χ4v) is 2.46. The van der Waals surface area contributed by atoms with E-state index in [1.54, 1.807) is 0 Å². The first-order valence-corrected chi connectivity index (χ1v) is 6.85. The summed E-state index contributed by atoms with van der Waals surface area (Å²) < 4.78 is 0. The Balaban J connectivity index is 1.83. The van der Waals surface area contributed by atoms with E-state index in [0.717, 1.165) is 19.6 Å². The van der Waals surface area contributed by atoms with Crippen molar-refractivity contribution in [1.29, 1.82) is 0 Å². The van der Waals surface area contributed by atoms with E-state index in [2.05, 4.69) is 60.4 Å². The first-order valence-electron chi connectivity index (χ1n) is 6.85. The number of hydrogen-bond donors (Lipinski definition) is 1. The number of aryl methyl sites for hydroxylation is 1. The van der Waals surface area contributed by atoms with E-state index in [0.29, 0.717) is 6.04 Å². The van der Waals surface area contributed by atoms with Crippen molar-refractivity contribution in [2.45, 2.75) is 19.4 Å². The zero-order valence-corrected chi connectivity index (χ0v) is 11.8. The summed E-state index contributed by atoms with van der Waals surface area (Å²) in [6.45, 7) is 6.66. The van der Waals surface area contributed by atoms with Gasteiger partial charge >= 0.3 is 0 Å². The molecule has 1 heterocycles. The maximum Gasteiger partial charge on any atom is 0.0363 e. The van der Waals surface area contributed by atoms with Crippen LogP contribution in [0.5, 0.6) is 0 Å². The molecular weight excluding hydrogens is 222 g/mol. The van der Waals surface area contributed by atoms with Crippen molar-refractivity contribution in [2.75, 3.05) is 45.2 Å². The van der Waals surface area contributed by atoms with Gasteiger partial charge in [-0.1, -0.05) is 17.7 Å². The molecule has 1 unspecified atom stereocenters. The number of benzene rings is 1. The Hall–Kier alpha value is -1.06. The molecule has 1 fully saturated rings. The molecule has 2 rings (SSSR count). The second-order valence-electron chi connectivity index (χ2n) is 5.38. The fraction of sp³-hybridized carbons (Fsp3) is 0.600. The zero-order valence-electron chi connectivity index (χ0n) is 11.8. The lowest BCUT2D eigenvalue weighted by atomic mass is 10.1. The monoisotopic (exact) mass is 247 g/mol. The number of piperazine rings is 1. The van der Waals surface area contributed by atoms with Crippen LogP contribution in [0.4, 0.5) is 5.69 Å². The average Bonchev–Trinajstić information content (AvgIpc) is 2.38. The summed E-state index contributed by atoms with van der Waals surface area (Å²) >= 11 is 0. The van der Waals surface area contributed by atoms with Crippen molar-refractivity contribution < 1.29 is 0 Å². The molecule has 1 aromatic rings. The largest absolute Gasteiger partial charge is 0.375 e. The Morgan fingerprint density at radius 1 is 1.33 bits per heavy atom. The van der Waals surface area contributed by atoms with Crippen LogP contribution in [-0.4, -0.2) is 51.2 Å². The van der Waals surface area contributed by atoms with Crippen LogP contribution >= 0.6 is 0 Å². The summed E-state index contributed by atoms with van der Waals surface area (Å²) in [6.07, 6.45) is 1.22. The van der Waals surface area contributed by atoms with E-state index < -0.39 is 0 Å². The lowest BCUT2D eigenvalue weighted by Gasteiger charge is -2.34. The summed E-state index contributed by atoms with van der Waals surface area (Å²) in [6, 6.07) is 9.45. The standard InChI is InChI=1S/C15H25N3/c1-13-4-6-14(7-5-13)17(2)10-8-15-12-16-9-11-18(15)3/h4-7,15-16H,8-12H2,1-3H3. The summed E-state index contributed by atoms with van der Waals surface area (Å²) in [7, 11) is 4.41. The van der Waals surface area contributed by atoms with Crippen LogP contribution in [0.2, 0.25) is 0 Å². The van der Waals surface area contributed by atoms with Crippen LogP contribution < -0.4 is 10.2 Å². The number of hydrogen-bond acceptors (Lipinski definition) is 3. The van der Waals surface area contributed by atoms with Crippen LogP contribution in [0.15, 0.2) is 24.3 Å². The molecule has 1 aliphatic rings. The van der Waals surface area contributed by atoms with Crippen LogP contribution in [0.3, 0.4) is 0 Å². The van der Waals surface area contributed by atoms with Gasteiger partial charge in [-0.2, -0.15) is 0 Å². The Morgan fingerprint density at radius 2 is 2.06 bits per heavy atom. The maximum absolute atomic E-state index is 3.48. The molecule has 0 saturated carbocycles. The SMILES string of the molecule is Cc1ccc(N(C)CCC2CNCCN2C)cc1. The predicted molar refractivity (Wildman–Crippen MR) is 78.4 cm³/mol. The Kier molecular flexibility index (Phi) is 4.61. The van der Waals surface area contributed by atoms with Crippen molar-refractivity contribution >= 4 is 5.69 Å². The molecule has 0 aromatic heterocycles. The van der Waals surface area contributed by atoms with Gasteiger partial charge in [0, 0.05) is 45.0 Å². The van der Waals surface area contributed by atoms with Gasteiger partial charge in [0.15, 0.2) is 0 Å². The van der Waals surface area contributed by atoms with Crippen molar-refractivity contribution in [3.8, 4) is 0 Å². The molecule has 0 bridgehead atoms. The Bertz CT molecular complexity index is 361. The third kappa shape index (κ3) is 3.47. The molecule has 1 saturated heterocycles. The normalized spacial score (nSPS) is 20.9. The van der Waals surface area contributed by atoms with Gasteiger partial charge < -0.3 is 15.1 Å². The van der Waals surface area contributed by atoms with Gasteiger partial charge in [0.2, 0.25) is 0 Å². The highest BCUT2D eigenvalue weighted by Gasteiger charge is 2.18. The van der Waals surface area contributed by atoms with E-state index in [9.17, 15) is 0 Å². The van der Waals surface area contributed by atoms with E-state index in [-0.39, 0.29) is 0 Å². The lowest BCUT2D eigenvalue weighted by molar-refractivity contribution is 0.192. The van der Waals surface area contributed by atoms with E-state index in [1.165, 1.54) is 24.2 Å². The Morgan fingerprint density at radius 3 is 2.72 bits per heavy atom. The summed E-state index contributed by atoms with van der Waals surface area (Å²) in [5.74, 6) is 0. The van der Waals surface area contributed by atoms with Gasteiger partial charge in [0.05, 0.1) is 0 Å². The van der Waals surface area contributed by atoms with Gasteiger partial charge in [0.25, 0.3) is 0 Å². The quantitative estimate of drug-likeness (QED) is 0.874. The fourth-order valence-electron chi connectivity index (χ4n) is 2.46. The molecule has 18 heavy (non-hydrogen) atoms. The molecule has 0 radical (unpaired) electrons. The van der Waals surface area contributed by atoms with E-state index in [4.69, 9.17) is 0 Å². The first-order chi connectivity index (χ1) is 8.66. The van der Waals surface area contributed by atoms with Crippen LogP contribution in [0, 0.1) is 6.92 Å². The number of likely N-dealkylation sites (N-methyl/N-ethyl adjacent to an activating group) is 1. The molecule has 3 nitrogen and oxygen atoms in total. The summed E-state index contributed by atoms with van der Waals surface area (Å²) in [5, 5.41) is 3.48. The van der Waals surface area contributed by atoms with Crippen LogP contribution in [-0.2, 0) is 0 Å². The number of nitrogens with zero attached hydrogens (tertiary/aromatic N) is 2. The molecule has 100 valence electrons. The van der Waals surface area contributed by atoms with Crippen molar-refractivity contribution in [1.82, 2.24) is 10.2 Å². The summed E-state index contributed by atoms with van der Waals surface area (Å²) in [5.41, 5.74) is 2.63. The van der Waals surface area contributed by atoms with Crippen LogP contribution in [0.25, 0.3) is 0 Å². The van der Waals surface area contributed by atoms with Gasteiger partial charge in [-0.05, 0) is 32.5 Å². The molecule has 3 heteroatoms. The second kappa shape index (κ2) is 6.21. The lowest BCUT2D eigenvalue weighted by Crippen LogP contribution is -2.50. The second-order valence-corrected chi connectivity index (χ2v) is 5.38.